The van der Waals surface area contributed by atoms with Gasteiger partial charge in [-0.2, -0.15) is 0 Å². The summed E-state index contributed by atoms with van der Waals surface area (Å²) in [5.74, 6) is 0.0742. The van der Waals surface area contributed by atoms with Gasteiger partial charge in [-0.25, -0.2) is 0 Å². The van der Waals surface area contributed by atoms with E-state index in [0.29, 0.717) is 5.75 Å². The van der Waals surface area contributed by atoms with Crippen LogP contribution in [0.2, 0.25) is 5.02 Å². The summed E-state index contributed by atoms with van der Waals surface area (Å²) in [7, 11) is 1.39. The molecule has 0 radical (unpaired) electrons. The molecule has 0 aliphatic heterocycles. The fourth-order valence-electron chi connectivity index (χ4n) is 1.36. The van der Waals surface area contributed by atoms with E-state index in [1.54, 1.807) is 0 Å². The first-order valence-electron chi connectivity index (χ1n) is 5.86. The zero-order chi connectivity index (χ0) is 13.4. The molecule has 100 valence electrons. The lowest BCUT2D eigenvalue weighted by atomic mass is 10.2. The summed E-state index contributed by atoms with van der Waals surface area (Å²) in [5.41, 5.74) is 1.08. The van der Waals surface area contributed by atoms with Crippen LogP contribution in [0.4, 0.5) is 0 Å². The Labute approximate surface area is 117 Å². The first-order chi connectivity index (χ1) is 8.67. The van der Waals surface area contributed by atoms with Crippen LogP contribution in [-0.2, 0) is 16.1 Å². The third-order valence-electron chi connectivity index (χ3n) is 2.35. The molecule has 18 heavy (non-hydrogen) atoms. The summed E-state index contributed by atoms with van der Waals surface area (Å²) < 4.78 is 4.59. The van der Waals surface area contributed by atoms with Crippen molar-refractivity contribution in [2.75, 3.05) is 19.4 Å². The number of esters is 1. The van der Waals surface area contributed by atoms with Crippen molar-refractivity contribution < 1.29 is 9.53 Å². The maximum atomic E-state index is 11.0. The van der Waals surface area contributed by atoms with E-state index < -0.39 is 0 Å². The monoisotopic (exact) mass is 287 g/mol. The molecule has 5 heteroatoms. The van der Waals surface area contributed by atoms with Gasteiger partial charge in [0.15, 0.2) is 0 Å². The molecule has 0 saturated heterocycles. The van der Waals surface area contributed by atoms with E-state index in [0.717, 1.165) is 35.0 Å². The fraction of sp³-hybridized carbons (Fsp3) is 0.462. The van der Waals surface area contributed by atoms with Crippen molar-refractivity contribution in [3.8, 4) is 0 Å². The Morgan fingerprint density at radius 2 is 2.28 bits per heavy atom. The lowest BCUT2D eigenvalue weighted by Crippen LogP contribution is -2.14. The number of hydrogen-bond donors (Lipinski definition) is 1. The third-order valence-corrected chi connectivity index (χ3v) is 3.67. The number of thioether (sulfide) groups is 1. The molecular weight excluding hydrogens is 270 g/mol. The maximum absolute atomic E-state index is 11.0. The molecule has 1 aromatic rings. The topological polar surface area (TPSA) is 38.3 Å². The second kappa shape index (κ2) is 8.40. The average Bonchev–Trinajstić information content (AvgIpc) is 2.38. The predicted octanol–water partition coefficient (Wildman–Crippen LogP) is 3.10. The molecule has 0 spiro atoms. The van der Waals surface area contributed by atoms with E-state index in [2.05, 4.69) is 17.0 Å². The van der Waals surface area contributed by atoms with Gasteiger partial charge in [0.05, 0.1) is 12.9 Å². The van der Waals surface area contributed by atoms with Crippen molar-refractivity contribution >= 4 is 29.3 Å². The number of hydrogen-bond acceptors (Lipinski definition) is 4. The fourth-order valence-corrected chi connectivity index (χ4v) is 2.44. The largest absolute Gasteiger partial charge is 0.468 e. The van der Waals surface area contributed by atoms with Gasteiger partial charge >= 0.3 is 5.97 Å². The number of benzene rings is 1. The van der Waals surface area contributed by atoms with Gasteiger partial charge < -0.3 is 10.1 Å². The summed E-state index contributed by atoms with van der Waals surface area (Å²) in [6.45, 7) is 3.88. The van der Waals surface area contributed by atoms with Crippen LogP contribution in [0.5, 0.6) is 0 Å². The summed E-state index contributed by atoms with van der Waals surface area (Å²) in [4.78, 5) is 12.0. The van der Waals surface area contributed by atoms with Crippen LogP contribution in [0, 0.1) is 0 Å². The minimum absolute atomic E-state index is 0.232. The van der Waals surface area contributed by atoms with Gasteiger partial charge in [-0.3, -0.25) is 4.79 Å². The number of ether oxygens (including phenoxy) is 1. The molecule has 1 rings (SSSR count). The number of rotatable bonds is 7. The average molecular weight is 288 g/mol. The molecule has 0 atom stereocenters. The minimum atomic E-state index is -0.232. The van der Waals surface area contributed by atoms with Crippen LogP contribution in [-0.4, -0.2) is 25.4 Å². The lowest BCUT2D eigenvalue weighted by Gasteiger charge is -2.07. The lowest BCUT2D eigenvalue weighted by molar-refractivity contribution is -0.137. The summed E-state index contributed by atoms with van der Waals surface area (Å²) in [6, 6.07) is 5.85. The maximum Gasteiger partial charge on any atom is 0.315 e. The van der Waals surface area contributed by atoms with Gasteiger partial charge in [-0.1, -0.05) is 24.6 Å². The molecule has 0 aromatic heterocycles. The number of carbonyl (C=O) groups is 1. The van der Waals surface area contributed by atoms with Crippen molar-refractivity contribution in [3.05, 3.63) is 28.8 Å². The molecule has 0 aliphatic rings. The molecule has 1 N–H and O–H groups in total. The molecule has 0 saturated carbocycles. The highest BCUT2D eigenvalue weighted by molar-refractivity contribution is 8.00. The molecule has 0 fully saturated rings. The van der Waals surface area contributed by atoms with E-state index in [-0.39, 0.29) is 5.97 Å². The van der Waals surface area contributed by atoms with Crippen LogP contribution in [0.15, 0.2) is 23.1 Å². The molecule has 0 bridgehead atoms. The second-order valence-electron chi connectivity index (χ2n) is 3.79. The highest BCUT2D eigenvalue weighted by atomic mass is 35.5. The van der Waals surface area contributed by atoms with Gasteiger partial charge in [0, 0.05) is 16.5 Å². The Morgan fingerprint density at radius 3 is 2.89 bits per heavy atom. The Kier molecular flexibility index (Phi) is 7.16. The second-order valence-corrected chi connectivity index (χ2v) is 5.25. The van der Waals surface area contributed by atoms with E-state index in [9.17, 15) is 4.79 Å². The molecule has 0 amide bonds. The SMILES string of the molecule is CCCNCc1ccc(SCC(=O)OC)cc1Cl. The summed E-state index contributed by atoms with van der Waals surface area (Å²) >= 11 is 7.61. The zero-order valence-corrected chi connectivity index (χ0v) is 12.2. The van der Waals surface area contributed by atoms with Crippen LogP contribution < -0.4 is 5.32 Å². The van der Waals surface area contributed by atoms with Crippen LogP contribution in [0.3, 0.4) is 0 Å². The Morgan fingerprint density at radius 1 is 1.50 bits per heavy atom. The number of nitrogens with one attached hydrogen (secondary N) is 1. The van der Waals surface area contributed by atoms with E-state index >= 15 is 0 Å². The Bertz CT molecular complexity index is 399. The van der Waals surface area contributed by atoms with Crippen LogP contribution in [0.25, 0.3) is 0 Å². The standard InChI is InChI=1S/C13H18ClNO2S/c1-3-6-15-8-10-4-5-11(7-12(10)14)18-9-13(16)17-2/h4-5,7,15H,3,6,8-9H2,1-2H3. The first kappa shape index (κ1) is 15.3. The van der Waals surface area contributed by atoms with Crippen molar-refractivity contribution in [2.45, 2.75) is 24.8 Å². The molecule has 0 heterocycles. The van der Waals surface area contributed by atoms with Crippen molar-refractivity contribution in [1.82, 2.24) is 5.32 Å². The van der Waals surface area contributed by atoms with Crippen molar-refractivity contribution in [1.29, 1.82) is 0 Å². The Hall–Kier alpha value is -0.710. The Balaban J connectivity index is 2.53. The normalized spacial score (nSPS) is 10.4. The van der Waals surface area contributed by atoms with Crippen molar-refractivity contribution in [3.63, 3.8) is 0 Å². The highest BCUT2D eigenvalue weighted by Crippen LogP contribution is 2.25. The molecule has 3 nitrogen and oxygen atoms in total. The predicted molar refractivity (Wildman–Crippen MR) is 76.2 cm³/mol. The van der Waals surface area contributed by atoms with Crippen molar-refractivity contribution in [2.24, 2.45) is 0 Å². The molecular formula is C13H18ClNO2S. The van der Waals surface area contributed by atoms with Gasteiger partial charge in [0.25, 0.3) is 0 Å². The number of carbonyl (C=O) groups excluding carboxylic acids is 1. The summed E-state index contributed by atoms with van der Waals surface area (Å²) in [6.07, 6.45) is 1.10. The number of methoxy groups -OCH3 is 1. The zero-order valence-electron chi connectivity index (χ0n) is 10.7. The quantitative estimate of drug-likeness (QED) is 0.475. The molecule has 0 aliphatic carbocycles. The first-order valence-corrected chi connectivity index (χ1v) is 7.22. The third kappa shape index (κ3) is 5.29. The summed E-state index contributed by atoms with van der Waals surface area (Å²) in [5, 5.41) is 4.04. The smallest absolute Gasteiger partial charge is 0.315 e. The van der Waals surface area contributed by atoms with Gasteiger partial charge in [-0.05, 0) is 30.7 Å². The van der Waals surface area contributed by atoms with E-state index in [1.807, 2.05) is 18.2 Å². The van der Waals surface area contributed by atoms with Gasteiger partial charge in [0.1, 0.15) is 0 Å². The number of halogens is 1. The van der Waals surface area contributed by atoms with Gasteiger partial charge in [-0.15, -0.1) is 11.8 Å². The highest BCUT2D eigenvalue weighted by Gasteiger charge is 2.05. The minimum Gasteiger partial charge on any atom is -0.468 e. The van der Waals surface area contributed by atoms with Crippen LogP contribution in [0.1, 0.15) is 18.9 Å². The van der Waals surface area contributed by atoms with E-state index in [4.69, 9.17) is 11.6 Å². The molecule has 1 aromatic carbocycles. The van der Waals surface area contributed by atoms with E-state index in [1.165, 1.54) is 18.9 Å². The van der Waals surface area contributed by atoms with Gasteiger partial charge in [0.2, 0.25) is 0 Å². The molecule has 0 unspecified atom stereocenters. The van der Waals surface area contributed by atoms with Crippen LogP contribution >= 0.6 is 23.4 Å².